The van der Waals surface area contributed by atoms with Gasteiger partial charge in [0.05, 0.1) is 0 Å². The molecular weight excluding hydrogens is 242 g/mol. The Morgan fingerprint density at radius 1 is 1.50 bits per heavy atom. The van der Waals surface area contributed by atoms with Gasteiger partial charge in [0.1, 0.15) is 0 Å². The summed E-state index contributed by atoms with van der Waals surface area (Å²) < 4.78 is 0. The van der Waals surface area contributed by atoms with Crippen molar-refractivity contribution in [1.29, 1.82) is 0 Å². The number of nitrogens with zero attached hydrogens (tertiary/aromatic N) is 2. The van der Waals surface area contributed by atoms with Crippen LogP contribution in [-0.2, 0) is 0 Å². The van der Waals surface area contributed by atoms with Crippen LogP contribution in [0.15, 0.2) is 4.99 Å². The number of hydrogen-bond donors (Lipinski definition) is 1. The Bertz CT molecular complexity index is 253. The normalized spacial score (nSPS) is 20.8. The highest BCUT2D eigenvalue weighted by Gasteiger charge is 2.24. The Morgan fingerprint density at radius 2 is 2.28 bits per heavy atom. The Morgan fingerprint density at radius 3 is 2.89 bits per heavy atom. The first kappa shape index (κ1) is 15.7. The first-order valence-corrected chi connectivity index (χ1v) is 8.51. The lowest BCUT2D eigenvalue weighted by atomic mass is 9.97. The summed E-state index contributed by atoms with van der Waals surface area (Å²) in [6.07, 6.45) is 6.04. The van der Waals surface area contributed by atoms with Crippen LogP contribution in [0.5, 0.6) is 0 Å². The highest BCUT2D eigenvalue weighted by atomic mass is 32.2. The fourth-order valence-corrected chi connectivity index (χ4v) is 3.07. The fraction of sp³-hybridized carbons (Fsp3) is 0.929. The molecule has 1 N–H and O–H groups in total. The molecule has 1 heterocycles. The second-order valence-corrected chi connectivity index (χ2v) is 6.54. The predicted molar refractivity (Wildman–Crippen MR) is 83.5 cm³/mol. The molecule has 1 atom stereocenters. The van der Waals surface area contributed by atoms with Crippen LogP contribution >= 0.6 is 11.8 Å². The van der Waals surface area contributed by atoms with Crippen molar-refractivity contribution in [2.75, 3.05) is 38.7 Å². The highest BCUT2D eigenvalue weighted by molar-refractivity contribution is 7.98. The molecule has 0 aromatic heterocycles. The van der Waals surface area contributed by atoms with E-state index in [0.717, 1.165) is 24.3 Å². The van der Waals surface area contributed by atoms with E-state index in [0.29, 0.717) is 0 Å². The van der Waals surface area contributed by atoms with Crippen LogP contribution in [0.2, 0.25) is 0 Å². The molecular formula is C14H29N3S. The average Bonchev–Trinajstić information content (AvgIpc) is 2.77. The fourth-order valence-electron chi connectivity index (χ4n) is 2.63. The van der Waals surface area contributed by atoms with Crippen LogP contribution in [0.25, 0.3) is 0 Å². The summed E-state index contributed by atoms with van der Waals surface area (Å²) in [6.45, 7) is 8.02. The zero-order valence-corrected chi connectivity index (χ0v) is 13.2. The molecule has 1 saturated heterocycles. The molecule has 1 unspecified atom stereocenters. The van der Waals surface area contributed by atoms with Gasteiger partial charge in [-0.05, 0) is 43.1 Å². The van der Waals surface area contributed by atoms with E-state index >= 15 is 0 Å². The minimum atomic E-state index is 0.812. The lowest BCUT2D eigenvalue weighted by Gasteiger charge is -2.22. The minimum Gasteiger partial charge on any atom is -0.356 e. The van der Waals surface area contributed by atoms with Crippen LogP contribution in [-0.4, -0.2) is 49.6 Å². The number of aliphatic imine (C=N–C) groups is 1. The van der Waals surface area contributed by atoms with Gasteiger partial charge >= 0.3 is 0 Å². The van der Waals surface area contributed by atoms with Gasteiger partial charge < -0.3 is 10.2 Å². The second-order valence-electron chi connectivity index (χ2n) is 5.55. The highest BCUT2D eigenvalue weighted by Crippen LogP contribution is 2.23. The van der Waals surface area contributed by atoms with Crippen molar-refractivity contribution >= 4 is 17.7 Å². The van der Waals surface area contributed by atoms with Crippen molar-refractivity contribution in [1.82, 2.24) is 10.2 Å². The van der Waals surface area contributed by atoms with Crippen LogP contribution in [0.1, 0.15) is 33.1 Å². The quantitative estimate of drug-likeness (QED) is 0.457. The first-order valence-electron chi connectivity index (χ1n) is 7.12. The summed E-state index contributed by atoms with van der Waals surface area (Å²) in [4.78, 5) is 6.83. The first-order chi connectivity index (χ1) is 8.67. The van der Waals surface area contributed by atoms with Gasteiger partial charge in [-0.2, -0.15) is 11.8 Å². The Balaban J connectivity index is 2.29. The molecule has 0 bridgehead atoms. The largest absolute Gasteiger partial charge is 0.356 e. The van der Waals surface area contributed by atoms with Crippen molar-refractivity contribution in [3.63, 3.8) is 0 Å². The van der Waals surface area contributed by atoms with E-state index < -0.39 is 0 Å². The molecule has 18 heavy (non-hydrogen) atoms. The van der Waals surface area contributed by atoms with Gasteiger partial charge in [0.15, 0.2) is 5.96 Å². The van der Waals surface area contributed by atoms with E-state index in [-0.39, 0.29) is 0 Å². The maximum atomic E-state index is 4.41. The topological polar surface area (TPSA) is 27.6 Å². The molecule has 4 heteroatoms. The molecule has 0 aromatic carbocycles. The third kappa shape index (κ3) is 5.51. The standard InChI is InChI=1S/C14H29N3S/c1-12(2)10-13-6-8-17(11-13)14(15-3)16-7-5-9-18-4/h12-13H,5-11H2,1-4H3,(H,15,16). The van der Waals surface area contributed by atoms with Crippen LogP contribution in [0, 0.1) is 11.8 Å². The van der Waals surface area contributed by atoms with Crippen molar-refractivity contribution in [2.24, 2.45) is 16.8 Å². The third-order valence-corrected chi connectivity index (χ3v) is 4.11. The Hall–Kier alpha value is -0.380. The third-order valence-electron chi connectivity index (χ3n) is 3.41. The lowest BCUT2D eigenvalue weighted by molar-refractivity contribution is 0.403. The molecule has 0 spiro atoms. The lowest BCUT2D eigenvalue weighted by Crippen LogP contribution is -2.40. The molecule has 1 aliphatic rings. The van der Waals surface area contributed by atoms with E-state index in [4.69, 9.17) is 0 Å². The summed E-state index contributed by atoms with van der Waals surface area (Å²) in [6, 6.07) is 0. The monoisotopic (exact) mass is 271 g/mol. The van der Waals surface area contributed by atoms with Gasteiger partial charge in [0.25, 0.3) is 0 Å². The van der Waals surface area contributed by atoms with E-state index in [2.05, 4.69) is 35.3 Å². The maximum absolute atomic E-state index is 4.41. The van der Waals surface area contributed by atoms with E-state index in [1.165, 1.54) is 38.1 Å². The van der Waals surface area contributed by atoms with Crippen LogP contribution in [0.4, 0.5) is 0 Å². The van der Waals surface area contributed by atoms with Crippen molar-refractivity contribution in [3.8, 4) is 0 Å². The molecule has 1 fully saturated rings. The number of thioether (sulfide) groups is 1. The van der Waals surface area contributed by atoms with Crippen molar-refractivity contribution < 1.29 is 0 Å². The smallest absolute Gasteiger partial charge is 0.193 e. The molecule has 0 saturated carbocycles. The van der Waals surface area contributed by atoms with Gasteiger partial charge in [-0.1, -0.05) is 13.8 Å². The predicted octanol–water partition coefficient (Wildman–Crippen LogP) is 2.68. The number of hydrogen-bond acceptors (Lipinski definition) is 2. The minimum absolute atomic E-state index is 0.812. The van der Waals surface area contributed by atoms with Gasteiger partial charge in [-0.25, -0.2) is 0 Å². The summed E-state index contributed by atoms with van der Waals surface area (Å²) in [5, 5.41) is 3.48. The van der Waals surface area contributed by atoms with E-state index in [9.17, 15) is 0 Å². The summed E-state index contributed by atoms with van der Waals surface area (Å²) in [5.41, 5.74) is 0. The summed E-state index contributed by atoms with van der Waals surface area (Å²) in [7, 11) is 1.90. The molecule has 106 valence electrons. The number of rotatable bonds is 6. The summed E-state index contributed by atoms with van der Waals surface area (Å²) >= 11 is 1.91. The van der Waals surface area contributed by atoms with Crippen LogP contribution in [0.3, 0.4) is 0 Å². The molecule has 0 aliphatic carbocycles. The van der Waals surface area contributed by atoms with Gasteiger partial charge in [0.2, 0.25) is 0 Å². The zero-order valence-electron chi connectivity index (χ0n) is 12.4. The van der Waals surface area contributed by atoms with E-state index in [1.54, 1.807) is 0 Å². The van der Waals surface area contributed by atoms with Crippen molar-refractivity contribution in [2.45, 2.75) is 33.1 Å². The van der Waals surface area contributed by atoms with Crippen molar-refractivity contribution in [3.05, 3.63) is 0 Å². The number of likely N-dealkylation sites (tertiary alicyclic amines) is 1. The van der Waals surface area contributed by atoms with Crippen LogP contribution < -0.4 is 5.32 Å². The number of nitrogens with one attached hydrogen (secondary N) is 1. The zero-order chi connectivity index (χ0) is 13.4. The maximum Gasteiger partial charge on any atom is 0.193 e. The Kier molecular flexibility index (Phi) is 7.56. The van der Waals surface area contributed by atoms with Gasteiger partial charge in [-0.3, -0.25) is 4.99 Å². The number of guanidine groups is 1. The average molecular weight is 271 g/mol. The molecule has 0 radical (unpaired) electrons. The molecule has 1 rings (SSSR count). The SMILES string of the molecule is CN=C(NCCCSC)N1CCC(CC(C)C)C1. The van der Waals surface area contributed by atoms with E-state index in [1.807, 2.05) is 18.8 Å². The molecule has 0 amide bonds. The molecule has 0 aromatic rings. The molecule has 1 aliphatic heterocycles. The Labute approximate surface area is 117 Å². The summed E-state index contributed by atoms with van der Waals surface area (Å²) in [5.74, 6) is 3.99. The molecule has 3 nitrogen and oxygen atoms in total. The van der Waals surface area contributed by atoms with Gasteiger partial charge in [0, 0.05) is 26.7 Å². The second kappa shape index (κ2) is 8.68. The van der Waals surface area contributed by atoms with Gasteiger partial charge in [-0.15, -0.1) is 0 Å².